The average molecular weight is 402 g/mol. The number of fused-ring (bicyclic) bond motifs is 1. The summed E-state index contributed by atoms with van der Waals surface area (Å²) < 4.78 is 1.77. The van der Waals surface area contributed by atoms with E-state index in [0.29, 0.717) is 35.5 Å². The summed E-state index contributed by atoms with van der Waals surface area (Å²) in [5.74, 6) is -0.0624. The van der Waals surface area contributed by atoms with E-state index in [1.807, 2.05) is 37.3 Å². The molecule has 1 aliphatic rings. The number of carbonyl (C=O) groups is 2. The quantitative estimate of drug-likeness (QED) is 0.649. The highest BCUT2D eigenvalue weighted by Gasteiger charge is 2.36. The summed E-state index contributed by atoms with van der Waals surface area (Å²) in [5.41, 5.74) is 11.2. The molecule has 6 heteroatoms. The van der Waals surface area contributed by atoms with E-state index < -0.39 is 0 Å². The van der Waals surface area contributed by atoms with Crippen LogP contribution < -0.4 is 11.1 Å². The van der Waals surface area contributed by atoms with E-state index in [-0.39, 0.29) is 17.1 Å². The molecule has 0 saturated carbocycles. The van der Waals surface area contributed by atoms with Gasteiger partial charge >= 0.3 is 0 Å². The molecule has 0 unspecified atom stereocenters. The molecule has 0 saturated heterocycles. The van der Waals surface area contributed by atoms with Crippen LogP contribution in [-0.2, 0) is 13.0 Å². The Hall–Kier alpha value is -3.41. The molecule has 0 aliphatic heterocycles. The van der Waals surface area contributed by atoms with Crippen LogP contribution >= 0.6 is 0 Å². The number of rotatable bonds is 4. The van der Waals surface area contributed by atoms with Gasteiger partial charge in [-0.15, -0.1) is 0 Å². The van der Waals surface area contributed by atoms with E-state index in [1.165, 1.54) is 0 Å². The number of nitrogen functional groups attached to an aromatic ring is 1. The van der Waals surface area contributed by atoms with Crippen molar-refractivity contribution in [2.24, 2.45) is 5.41 Å². The maximum absolute atomic E-state index is 12.6. The van der Waals surface area contributed by atoms with Crippen molar-refractivity contribution < 1.29 is 9.59 Å². The Balaban J connectivity index is 1.61. The van der Waals surface area contributed by atoms with Gasteiger partial charge in [-0.3, -0.25) is 9.59 Å². The number of amides is 1. The van der Waals surface area contributed by atoms with Crippen molar-refractivity contribution in [1.29, 1.82) is 0 Å². The highest BCUT2D eigenvalue weighted by Crippen LogP contribution is 2.37. The number of nitrogens with zero attached hydrogens (tertiary/aromatic N) is 2. The van der Waals surface area contributed by atoms with Gasteiger partial charge < -0.3 is 11.1 Å². The minimum Gasteiger partial charge on any atom is -0.397 e. The van der Waals surface area contributed by atoms with Crippen LogP contribution in [0.4, 0.5) is 5.69 Å². The molecule has 30 heavy (non-hydrogen) atoms. The Bertz CT molecular complexity index is 1130. The normalized spacial score (nSPS) is 15.0. The monoisotopic (exact) mass is 402 g/mol. The molecule has 0 atom stereocenters. The predicted molar refractivity (Wildman–Crippen MR) is 117 cm³/mol. The number of Topliss-reactive ketones (excluding diaryl/α,β-unsaturated/α-hetero) is 1. The van der Waals surface area contributed by atoms with Crippen LogP contribution in [0.5, 0.6) is 0 Å². The van der Waals surface area contributed by atoms with Crippen molar-refractivity contribution in [2.75, 3.05) is 5.73 Å². The van der Waals surface area contributed by atoms with Crippen molar-refractivity contribution >= 4 is 17.4 Å². The number of aromatic nitrogens is 2. The summed E-state index contributed by atoms with van der Waals surface area (Å²) >= 11 is 0. The van der Waals surface area contributed by atoms with Gasteiger partial charge in [-0.2, -0.15) is 5.10 Å². The van der Waals surface area contributed by atoms with E-state index in [4.69, 9.17) is 5.73 Å². The molecule has 2 aromatic carbocycles. The van der Waals surface area contributed by atoms with Crippen LogP contribution in [0.1, 0.15) is 57.9 Å². The Labute approximate surface area is 176 Å². The lowest BCUT2D eigenvalue weighted by molar-refractivity contribution is 0.0908. The fourth-order valence-corrected chi connectivity index (χ4v) is 4.11. The standard InChI is InChI=1S/C24H26N4O2/c1-15-22-20(12-24(2,3)13-21(22)29)28(27-15)19-10-9-17(11-18(19)25)23(30)26-14-16-7-5-4-6-8-16/h4-11H,12-14,25H2,1-3H3,(H,26,30). The highest BCUT2D eigenvalue weighted by atomic mass is 16.1. The molecule has 1 heterocycles. The van der Waals surface area contributed by atoms with Gasteiger partial charge in [0.1, 0.15) is 0 Å². The van der Waals surface area contributed by atoms with Crippen LogP contribution in [0.2, 0.25) is 0 Å². The lowest BCUT2D eigenvalue weighted by atomic mass is 9.75. The van der Waals surface area contributed by atoms with Gasteiger partial charge in [0.2, 0.25) is 0 Å². The van der Waals surface area contributed by atoms with Crippen molar-refractivity contribution in [2.45, 2.75) is 40.2 Å². The molecule has 154 valence electrons. The van der Waals surface area contributed by atoms with Gasteiger partial charge in [0, 0.05) is 18.5 Å². The largest absolute Gasteiger partial charge is 0.397 e. The third kappa shape index (κ3) is 3.73. The topological polar surface area (TPSA) is 90.0 Å². The van der Waals surface area contributed by atoms with Crippen LogP contribution in [0.15, 0.2) is 48.5 Å². The first kappa shape index (κ1) is 19.9. The molecule has 1 aromatic heterocycles. The molecule has 1 amide bonds. The second-order valence-corrected chi connectivity index (χ2v) is 8.70. The van der Waals surface area contributed by atoms with E-state index in [0.717, 1.165) is 23.4 Å². The van der Waals surface area contributed by atoms with Crippen molar-refractivity contribution in [3.8, 4) is 5.69 Å². The van der Waals surface area contributed by atoms with Crippen LogP contribution in [0, 0.1) is 12.3 Å². The van der Waals surface area contributed by atoms with Crippen molar-refractivity contribution in [1.82, 2.24) is 15.1 Å². The van der Waals surface area contributed by atoms with Gasteiger partial charge in [-0.1, -0.05) is 44.2 Å². The molecule has 0 bridgehead atoms. The Morgan fingerprint density at radius 2 is 1.90 bits per heavy atom. The highest BCUT2D eigenvalue weighted by molar-refractivity contribution is 6.00. The minimum absolute atomic E-state index is 0.125. The smallest absolute Gasteiger partial charge is 0.251 e. The molecule has 6 nitrogen and oxygen atoms in total. The number of hydrogen-bond acceptors (Lipinski definition) is 4. The van der Waals surface area contributed by atoms with Gasteiger partial charge in [0.25, 0.3) is 5.91 Å². The Morgan fingerprint density at radius 3 is 2.60 bits per heavy atom. The minimum atomic E-state index is -0.188. The first-order chi connectivity index (χ1) is 14.2. The first-order valence-electron chi connectivity index (χ1n) is 10.1. The number of aryl methyl sites for hydroxylation is 1. The number of carbonyl (C=O) groups excluding carboxylic acids is 2. The van der Waals surface area contributed by atoms with Gasteiger partial charge in [0.05, 0.1) is 28.3 Å². The van der Waals surface area contributed by atoms with Crippen LogP contribution in [0.25, 0.3) is 5.69 Å². The molecule has 0 spiro atoms. The molecule has 1 aliphatic carbocycles. The van der Waals surface area contributed by atoms with Crippen molar-refractivity contribution in [3.63, 3.8) is 0 Å². The lowest BCUT2D eigenvalue weighted by Gasteiger charge is -2.29. The molecule has 3 N–H and O–H groups in total. The SMILES string of the molecule is Cc1nn(-c2ccc(C(=O)NCc3ccccc3)cc2N)c2c1C(=O)CC(C)(C)C2. The van der Waals surface area contributed by atoms with Crippen LogP contribution in [-0.4, -0.2) is 21.5 Å². The molecule has 0 fully saturated rings. The molecule has 0 radical (unpaired) electrons. The third-order valence-electron chi connectivity index (χ3n) is 5.53. The summed E-state index contributed by atoms with van der Waals surface area (Å²) in [4.78, 5) is 25.2. The van der Waals surface area contributed by atoms with Gasteiger partial charge in [0.15, 0.2) is 5.78 Å². The third-order valence-corrected chi connectivity index (χ3v) is 5.53. The van der Waals surface area contributed by atoms with E-state index in [9.17, 15) is 9.59 Å². The zero-order valence-corrected chi connectivity index (χ0v) is 17.5. The zero-order valence-electron chi connectivity index (χ0n) is 17.5. The maximum atomic E-state index is 12.6. The average Bonchev–Trinajstić information content (AvgIpc) is 3.01. The molecule has 4 rings (SSSR count). The molecular formula is C24H26N4O2. The van der Waals surface area contributed by atoms with Gasteiger partial charge in [-0.25, -0.2) is 4.68 Å². The van der Waals surface area contributed by atoms with E-state index in [2.05, 4.69) is 24.3 Å². The second-order valence-electron chi connectivity index (χ2n) is 8.70. The maximum Gasteiger partial charge on any atom is 0.251 e. The number of nitrogens with one attached hydrogen (secondary N) is 1. The summed E-state index contributed by atoms with van der Waals surface area (Å²) in [6.07, 6.45) is 1.26. The van der Waals surface area contributed by atoms with E-state index >= 15 is 0 Å². The fraction of sp³-hybridized carbons (Fsp3) is 0.292. The second kappa shape index (κ2) is 7.44. The number of anilines is 1. The summed E-state index contributed by atoms with van der Waals surface area (Å²) in [7, 11) is 0. The first-order valence-corrected chi connectivity index (χ1v) is 10.1. The number of hydrogen-bond donors (Lipinski definition) is 2. The van der Waals surface area contributed by atoms with Crippen LogP contribution in [0.3, 0.4) is 0 Å². The predicted octanol–water partition coefficient (Wildman–Crippen LogP) is 3.85. The summed E-state index contributed by atoms with van der Waals surface area (Å²) in [6, 6.07) is 14.9. The lowest BCUT2D eigenvalue weighted by Crippen LogP contribution is -2.28. The number of ketones is 1. The fourth-order valence-electron chi connectivity index (χ4n) is 4.11. The van der Waals surface area contributed by atoms with Crippen molar-refractivity contribution in [3.05, 3.63) is 76.6 Å². The Morgan fingerprint density at radius 1 is 1.17 bits per heavy atom. The number of nitrogens with two attached hydrogens (primary N) is 1. The number of benzene rings is 2. The summed E-state index contributed by atoms with van der Waals surface area (Å²) in [5, 5.41) is 7.52. The molecular weight excluding hydrogens is 376 g/mol. The van der Waals surface area contributed by atoms with Gasteiger partial charge in [-0.05, 0) is 42.5 Å². The zero-order chi connectivity index (χ0) is 21.5. The summed E-state index contributed by atoms with van der Waals surface area (Å²) in [6.45, 7) is 6.48. The molecule has 3 aromatic rings. The van der Waals surface area contributed by atoms with E-state index in [1.54, 1.807) is 22.9 Å². The Kier molecular flexibility index (Phi) is 4.94.